The Hall–Kier alpha value is -4.31. The molecule has 7 atom stereocenters. The lowest BCUT2D eigenvalue weighted by atomic mass is 9.71. The van der Waals surface area contributed by atoms with Gasteiger partial charge in [0.25, 0.3) is 0 Å². The molecular weight excluding hydrogens is 680 g/mol. The van der Waals surface area contributed by atoms with Crippen molar-refractivity contribution in [1.82, 2.24) is 0 Å². The van der Waals surface area contributed by atoms with Crippen LogP contribution in [-0.2, 0) is 59.8 Å². The number of carbonyl (C=O) groups excluding carboxylic acids is 3. The maximum absolute atomic E-state index is 12.8. The fourth-order valence-electron chi connectivity index (χ4n) is 6.68. The van der Waals surface area contributed by atoms with E-state index >= 15 is 0 Å². The molecule has 4 aromatic carbocycles. The minimum absolute atomic E-state index is 0.0580. The zero-order valence-corrected chi connectivity index (χ0v) is 32.3. The summed E-state index contributed by atoms with van der Waals surface area (Å²) < 4.78 is 24.1. The molecule has 1 fully saturated rings. The lowest BCUT2D eigenvalue weighted by molar-refractivity contribution is -0.190. The van der Waals surface area contributed by atoms with Crippen molar-refractivity contribution in [3.05, 3.63) is 144 Å². The van der Waals surface area contributed by atoms with Gasteiger partial charge in [-0.1, -0.05) is 149 Å². The molecular formula is C46H56O8. The molecule has 0 amide bonds. The van der Waals surface area contributed by atoms with Crippen molar-refractivity contribution in [2.45, 2.75) is 110 Å². The fourth-order valence-corrected chi connectivity index (χ4v) is 6.68. The molecule has 0 bridgehead atoms. The number of hydrogen-bond acceptors (Lipinski definition) is 8. The predicted molar refractivity (Wildman–Crippen MR) is 209 cm³/mol. The number of Topliss-reactive ketones (excluding diaryl/α,β-unsaturated/α-hetero) is 3. The third kappa shape index (κ3) is 12.4. The molecule has 0 saturated heterocycles. The summed E-state index contributed by atoms with van der Waals surface area (Å²) in [4.78, 5) is 37.4. The first-order chi connectivity index (χ1) is 26.1. The zero-order chi connectivity index (χ0) is 38.9. The molecule has 1 aliphatic carbocycles. The third-order valence-corrected chi connectivity index (χ3v) is 10.2. The van der Waals surface area contributed by atoms with E-state index in [1.54, 1.807) is 0 Å². The molecule has 8 nitrogen and oxygen atoms in total. The van der Waals surface area contributed by atoms with E-state index in [4.69, 9.17) is 18.9 Å². The van der Waals surface area contributed by atoms with Crippen molar-refractivity contribution >= 4 is 17.3 Å². The summed E-state index contributed by atoms with van der Waals surface area (Å²) in [6.45, 7) is 10.3. The second kappa shape index (κ2) is 21.5. The monoisotopic (exact) mass is 736 g/mol. The van der Waals surface area contributed by atoms with E-state index in [0.29, 0.717) is 39.3 Å². The quantitative estimate of drug-likeness (QED) is 0.109. The van der Waals surface area contributed by atoms with Crippen molar-refractivity contribution in [3.63, 3.8) is 0 Å². The molecule has 0 aromatic heterocycles. The second-order valence-corrected chi connectivity index (χ2v) is 14.1. The summed E-state index contributed by atoms with van der Waals surface area (Å²) in [7, 11) is 0. The molecule has 288 valence electrons. The summed E-state index contributed by atoms with van der Waals surface area (Å²) in [5, 5.41) is 10.9. The number of carbonyl (C=O) groups is 3. The molecule has 0 radical (unpaired) electrons. The van der Waals surface area contributed by atoms with E-state index in [0.717, 1.165) is 22.3 Å². The van der Waals surface area contributed by atoms with E-state index in [2.05, 4.69) is 0 Å². The SMILES string of the molecule is CCC(=O)[C@@H](C)[C@H](OCc1ccccc1)[C@@H](OCc1ccccc1)C(C)=O.CCC1(O)CC(=O)[C@H](OCc2ccccc2)[C@@H](OCc2ccccc2)[C@@H]1C. The molecule has 0 spiro atoms. The Labute approximate surface area is 320 Å². The van der Waals surface area contributed by atoms with Crippen LogP contribution in [0, 0.1) is 11.8 Å². The third-order valence-electron chi connectivity index (χ3n) is 10.2. The van der Waals surface area contributed by atoms with Gasteiger partial charge in [0, 0.05) is 24.7 Å². The van der Waals surface area contributed by atoms with Gasteiger partial charge in [-0.3, -0.25) is 14.4 Å². The number of benzene rings is 4. The van der Waals surface area contributed by atoms with Gasteiger partial charge in [0.2, 0.25) is 0 Å². The normalized spacial score (nSPS) is 21.3. The van der Waals surface area contributed by atoms with Gasteiger partial charge in [0.15, 0.2) is 11.6 Å². The fraction of sp³-hybridized carbons (Fsp3) is 0.413. The summed E-state index contributed by atoms with van der Waals surface area (Å²) in [6.07, 6.45) is -1.56. The Kier molecular flexibility index (Phi) is 16.9. The number of hydrogen-bond donors (Lipinski definition) is 1. The van der Waals surface area contributed by atoms with Crippen molar-refractivity contribution < 1.29 is 38.4 Å². The average molecular weight is 737 g/mol. The number of rotatable bonds is 18. The molecule has 1 N–H and O–H groups in total. The number of aliphatic hydroxyl groups is 1. The van der Waals surface area contributed by atoms with E-state index in [9.17, 15) is 19.5 Å². The predicted octanol–water partition coefficient (Wildman–Crippen LogP) is 8.27. The van der Waals surface area contributed by atoms with Gasteiger partial charge in [-0.2, -0.15) is 0 Å². The second-order valence-electron chi connectivity index (χ2n) is 14.1. The van der Waals surface area contributed by atoms with E-state index < -0.39 is 35.9 Å². The van der Waals surface area contributed by atoms with E-state index in [1.165, 1.54) is 6.92 Å². The molecule has 5 rings (SSSR count). The summed E-state index contributed by atoms with van der Waals surface area (Å²) in [6, 6.07) is 39.0. The van der Waals surface area contributed by atoms with Crippen LogP contribution in [0.1, 0.15) is 76.1 Å². The lowest BCUT2D eigenvalue weighted by Gasteiger charge is -2.45. The smallest absolute Gasteiger partial charge is 0.167 e. The van der Waals surface area contributed by atoms with Gasteiger partial charge in [-0.25, -0.2) is 0 Å². The van der Waals surface area contributed by atoms with Crippen molar-refractivity contribution in [3.8, 4) is 0 Å². The van der Waals surface area contributed by atoms with Gasteiger partial charge in [-0.15, -0.1) is 0 Å². The van der Waals surface area contributed by atoms with Gasteiger partial charge >= 0.3 is 0 Å². The van der Waals surface area contributed by atoms with Crippen LogP contribution >= 0.6 is 0 Å². The summed E-state index contributed by atoms with van der Waals surface area (Å²) in [5.41, 5.74) is 2.95. The van der Waals surface area contributed by atoms with Crippen LogP contribution < -0.4 is 0 Å². The van der Waals surface area contributed by atoms with Crippen LogP contribution in [0.4, 0.5) is 0 Å². The summed E-state index contributed by atoms with van der Waals surface area (Å²) in [5.74, 6) is -0.804. The molecule has 8 heteroatoms. The highest BCUT2D eigenvalue weighted by molar-refractivity contribution is 5.86. The zero-order valence-electron chi connectivity index (χ0n) is 32.3. The first kappa shape index (κ1) is 42.4. The van der Waals surface area contributed by atoms with Gasteiger partial charge in [0.1, 0.15) is 24.1 Å². The maximum Gasteiger partial charge on any atom is 0.167 e. The Balaban J connectivity index is 0.000000241. The summed E-state index contributed by atoms with van der Waals surface area (Å²) >= 11 is 0. The van der Waals surface area contributed by atoms with E-state index in [-0.39, 0.29) is 29.7 Å². The highest BCUT2D eigenvalue weighted by Gasteiger charge is 2.50. The Morgan fingerprint density at radius 2 is 1.13 bits per heavy atom. The Morgan fingerprint density at radius 1 is 0.704 bits per heavy atom. The number of ether oxygens (including phenoxy) is 4. The van der Waals surface area contributed by atoms with Crippen molar-refractivity contribution in [2.75, 3.05) is 0 Å². The van der Waals surface area contributed by atoms with Crippen LogP contribution in [0.25, 0.3) is 0 Å². The van der Waals surface area contributed by atoms with Gasteiger partial charge in [-0.05, 0) is 35.6 Å². The topological polar surface area (TPSA) is 108 Å². The molecule has 4 aromatic rings. The molecule has 1 saturated carbocycles. The van der Waals surface area contributed by atoms with E-state index in [1.807, 2.05) is 149 Å². The highest BCUT2D eigenvalue weighted by Crippen LogP contribution is 2.38. The van der Waals surface area contributed by atoms with Crippen molar-refractivity contribution in [2.24, 2.45) is 11.8 Å². The van der Waals surface area contributed by atoms with Crippen LogP contribution in [0.2, 0.25) is 0 Å². The standard InChI is InChI=1S/2C23H28O4/c1-3-23(25)14-20(24)22(27-16-19-12-8-5-9-13-19)21(17(23)2)26-15-18-10-6-4-7-11-18;1-4-21(25)17(2)22(26-15-19-11-7-5-8-12-19)23(18(3)24)27-16-20-13-9-6-10-14-20/h4-13,17,21-22,25H,3,14-16H2,1-2H3;5-14,17,22-23H,4,15-16H2,1-3H3/t17-,21-,22-,23?;17-,22+,23+/m01/s1. The molecule has 1 unspecified atom stereocenters. The molecule has 1 aliphatic rings. The van der Waals surface area contributed by atoms with Crippen molar-refractivity contribution in [1.29, 1.82) is 0 Å². The number of ketones is 3. The highest BCUT2D eigenvalue weighted by atomic mass is 16.5. The van der Waals surface area contributed by atoms with Crippen LogP contribution in [0.3, 0.4) is 0 Å². The van der Waals surface area contributed by atoms with Crippen LogP contribution in [0.5, 0.6) is 0 Å². The minimum atomic E-state index is -1.05. The minimum Gasteiger partial charge on any atom is -0.389 e. The first-order valence-corrected chi connectivity index (χ1v) is 19.0. The molecule has 0 aliphatic heterocycles. The van der Waals surface area contributed by atoms with Gasteiger partial charge in [0.05, 0.1) is 38.1 Å². The van der Waals surface area contributed by atoms with Crippen LogP contribution in [-0.4, -0.2) is 52.5 Å². The maximum atomic E-state index is 12.8. The largest absolute Gasteiger partial charge is 0.389 e. The Morgan fingerprint density at radius 3 is 1.56 bits per heavy atom. The Bertz CT molecular complexity index is 1700. The van der Waals surface area contributed by atoms with Gasteiger partial charge < -0.3 is 24.1 Å². The first-order valence-electron chi connectivity index (χ1n) is 19.0. The average Bonchev–Trinajstić information content (AvgIpc) is 3.20. The lowest BCUT2D eigenvalue weighted by Crippen LogP contribution is -2.58. The van der Waals surface area contributed by atoms with Crippen LogP contribution in [0.15, 0.2) is 121 Å². The molecule has 54 heavy (non-hydrogen) atoms. The molecule has 0 heterocycles.